The van der Waals surface area contributed by atoms with Crippen LogP contribution in [0.2, 0.25) is 0 Å². The lowest BCUT2D eigenvalue weighted by Crippen LogP contribution is -2.20. The second-order valence-corrected chi connectivity index (χ2v) is 2.92. The number of nitrogens with zero attached hydrogens (tertiary/aromatic N) is 1. The van der Waals surface area contributed by atoms with E-state index in [9.17, 15) is 4.79 Å². The van der Waals surface area contributed by atoms with Crippen molar-refractivity contribution in [2.45, 2.75) is 6.42 Å². The van der Waals surface area contributed by atoms with Crippen molar-refractivity contribution in [1.82, 2.24) is 10.3 Å². The maximum absolute atomic E-state index is 10.9. The molecule has 6 heteroatoms. The summed E-state index contributed by atoms with van der Waals surface area (Å²) in [6, 6.07) is 3.58. The molecule has 0 aliphatic heterocycles. The zero-order valence-electron chi connectivity index (χ0n) is 8.58. The number of carbonyl (C=O) groups excluding carboxylic acids is 1. The first-order chi connectivity index (χ1) is 7.26. The van der Waals surface area contributed by atoms with Crippen LogP contribution in [0.3, 0.4) is 0 Å². The number of anilines is 2. The van der Waals surface area contributed by atoms with Crippen LogP contribution in [0.15, 0.2) is 18.3 Å². The third kappa shape index (κ3) is 3.82. The molecule has 1 heterocycles. The van der Waals surface area contributed by atoms with Gasteiger partial charge >= 0.3 is 0 Å². The van der Waals surface area contributed by atoms with Gasteiger partial charge in [0.15, 0.2) is 0 Å². The number of hydrogen-bond acceptors (Lipinski definition) is 5. The third-order valence-corrected chi connectivity index (χ3v) is 1.87. The molecule has 0 aliphatic rings. The summed E-state index contributed by atoms with van der Waals surface area (Å²) in [5, 5.41) is 5.64. The van der Waals surface area contributed by atoms with Crippen molar-refractivity contribution in [3.63, 3.8) is 0 Å². The first-order valence-corrected chi connectivity index (χ1v) is 4.63. The van der Waals surface area contributed by atoms with Gasteiger partial charge in [0.1, 0.15) is 5.82 Å². The van der Waals surface area contributed by atoms with Crippen molar-refractivity contribution in [3.8, 4) is 0 Å². The average molecular weight is 209 g/mol. The van der Waals surface area contributed by atoms with Crippen molar-refractivity contribution in [2.24, 2.45) is 5.84 Å². The summed E-state index contributed by atoms with van der Waals surface area (Å²) in [6.45, 7) is 0.577. The summed E-state index contributed by atoms with van der Waals surface area (Å²) in [7, 11) is 1.62. The minimum atomic E-state index is 0.00808. The topological polar surface area (TPSA) is 92.1 Å². The van der Waals surface area contributed by atoms with Crippen LogP contribution in [0.25, 0.3) is 0 Å². The van der Waals surface area contributed by atoms with Gasteiger partial charge in [0.05, 0.1) is 0 Å². The monoisotopic (exact) mass is 209 g/mol. The predicted octanol–water partition coefficient (Wildman–Crippen LogP) is -0.0848. The van der Waals surface area contributed by atoms with Gasteiger partial charge in [-0.05, 0) is 6.07 Å². The number of aromatic nitrogens is 1. The quantitative estimate of drug-likeness (QED) is 0.402. The van der Waals surface area contributed by atoms with Crippen LogP contribution in [0.1, 0.15) is 6.42 Å². The van der Waals surface area contributed by atoms with Crippen molar-refractivity contribution >= 4 is 17.4 Å². The van der Waals surface area contributed by atoms with Gasteiger partial charge < -0.3 is 16.1 Å². The molecule has 0 atom stereocenters. The Balaban J connectivity index is 2.40. The van der Waals surface area contributed by atoms with E-state index in [-0.39, 0.29) is 5.91 Å². The van der Waals surface area contributed by atoms with Crippen molar-refractivity contribution < 1.29 is 4.79 Å². The first-order valence-electron chi connectivity index (χ1n) is 4.63. The number of hydrazine groups is 1. The van der Waals surface area contributed by atoms with E-state index < -0.39 is 0 Å². The lowest BCUT2D eigenvalue weighted by atomic mass is 10.3. The molecule has 0 saturated carbocycles. The van der Waals surface area contributed by atoms with Crippen LogP contribution >= 0.6 is 0 Å². The third-order valence-electron chi connectivity index (χ3n) is 1.87. The second kappa shape index (κ2) is 5.82. The van der Waals surface area contributed by atoms with Crippen LogP contribution in [0, 0.1) is 0 Å². The lowest BCUT2D eigenvalue weighted by Gasteiger charge is -2.06. The fraction of sp³-hybridized carbons (Fsp3) is 0.333. The standard InChI is InChI=1S/C9H15N5O/c1-11-9(15)3-5-12-7-2-4-13-8(6-7)14-10/h2,4,6H,3,5,10H2,1H3,(H,11,15)(H2,12,13,14). The van der Waals surface area contributed by atoms with Crippen molar-refractivity contribution in [3.05, 3.63) is 18.3 Å². The molecular formula is C9H15N5O. The highest BCUT2D eigenvalue weighted by Crippen LogP contribution is 2.10. The minimum absolute atomic E-state index is 0.00808. The number of rotatable bonds is 5. The Morgan fingerprint density at radius 1 is 1.60 bits per heavy atom. The molecule has 15 heavy (non-hydrogen) atoms. The number of nitrogens with one attached hydrogen (secondary N) is 3. The Bertz CT molecular complexity index is 328. The molecule has 1 aromatic rings. The van der Waals surface area contributed by atoms with E-state index in [4.69, 9.17) is 5.84 Å². The Kier molecular flexibility index (Phi) is 4.36. The molecule has 0 unspecified atom stereocenters. The van der Waals surface area contributed by atoms with Crippen molar-refractivity contribution in [1.29, 1.82) is 0 Å². The summed E-state index contributed by atoms with van der Waals surface area (Å²) in [5.74, 6) is 5.80. The van der Waals surface area contributed by atoms with Crippen LogP contribution in [-0.4, -0.2) is 24.5 Å². The van der Waals surface area contributed by atoms with Crippen LogP contribution in [0.5, 0.6) is 0 Å². The average Bonchev–Trinajstić information content (AvgIpc) is 2.29. The molecule has 0 aliphatic carbocycles. The predicted molar refractivity (Wildman–Crippen MR) is 59.2 cm³/mol. The molecule has 1 amide bonds. The zero-order chi connectivity index (χ0) is 11.1. The highest BCUT2D eigenvalue weighted by Gasteiger charge is 1.98. The van der Waals surface area contributed by atoms with Crippen molar-refractivity contribution in [2.75, 3.05) is 24.3 Å². The van der Waals surface area contributed by atoms with Crippen LogP contribution in [0.4, 0.5) is 11.5 Å². The summed E-state index contributed by atoms with van der Waals surface area (Å²) in [5.41, 5.74) is 3.32. The Morgan fingerprint density at radius 3 is 3.07 bits per heavy atom. The zero-order valence-corrected chi connectivity index (χ0v) is 8.58. The Hall–Kier alpha value is -1.82. The summed E-state index contributed by atoms with van der Waals surface area (Å²) < 4.78 is 0. The van der Waals surface area contributed by atoms with E-state index in [2.05, 4.69) is 21.0 Å². The van der Waals surface area contributed by atoms with Crippen LogP contribution in [-0.2, 0) is 4.79 Å². The highest BCUT2D eigenvalue weighted by atomic mass is 16.1. The second-order valence-electron chi connectivity index (χ2n) is 2.92. The molecular weight excluding hydrogens is 194 g/mol. The van der Waals surface area contributed by atoms with E-state index in [0.29, 0.717) is 18.8 Å². The summed E-state index contributed by atoms with van der Waals surface area (Å²) in [4.78, 5) is 14.9. The van der Waals surface area contributed by atoms with Gasteiger partial charge in [-0.25, -0.2) is 10.8 Å². The van der Waals surface area contributed by atoms with Gasteiger partial charge in [-0.1, -0.05) is 0 Å². The fourth-order valence-electron chi connectivity index (χ4n) is 1.06. The smallest absolute Gasteiger partial charge is 0.221 e. The number of amides is 1. The molecule has 1 rings (SSSR count). The van der Waals surface area contributed by atoms with Gasteiger partial charge in [-0.2, -0.15) is 0 Å². The number of hydrogen-bond donors (Lipinski definition) is 4. The molecule has 0 bridgehead atoms. The summed E-state index contributed by atoms with van der Waals surface area (Å²) in [6.07, 6.45) is 2.07. The van der Waals surface area contributed by atoms with E-state index in [1.165, 1.54) is 0 Å². The first kappa shape index (κ1) is 11.3. The molecule has 0 spiro atoms. The van der Waals surface area contributed by atoms with Crippen LogP contribution < -0.4 is 21.9 Å². The fourth-order valence-corrected chi connectivity index (χ4v) is 1.06. The van der Waals surface area contributed by atoms with Gasteiger partial charge in [-0.3, -0.25) is 4.79 Å². The van der Waals surface area contributed by atoms with E-state index in [0.717, 1.165) is 5.69 Å². The largest absolute Gasteiger partial charge is 0.384 e. The molecule has 0 radical (unpaired) electrons. The van der Waals surface area contributed by atoms with E-state index in [1.807, 2.05) is 6.07 Å². The highest BCUT2D eigenvalue weighted by molar-refractivity contribution is 5.76. The molecule has 0 saturated heterocycles. The molecule has 6 nitrogen and oxygen atoms in total. The number of nitrogens with two attached hydrogens (primary N) is 1. The molecule has 0 aromatic carbocycles. The van der Waals surface area contributed by atoms with Gasteiger partial charge in [-0.15, -0.1) is 0 Å². The maximum atomic E-state index is 10.9. The molecule has 1 aromatic heterocycles. The molecule has 5 N–H and O–H groups in total. The molecule has 0 fully saturated rings. The number of nitrogen functional groups attached to an aromatic ring is 1. The van der Waals surface area contributed by atoms with Gasteiger partial charge in [0.25, 0.3) is 0 Å². The summed E-state index contributed by atoms with van der Waals surface area (Å²) >= 11 is 0. The number of carbonyl (C=O) groups is 1. The van der Waals surface area contributed by atoms with E-state index in [1.54, 1.807) is 19.3 Å². The SMILES string of the molecule is CNC(=O)CCNc1ccnc(NN)c1. The molecule has 82 valence electrons. The van der Waals surface area contributed by atoms with E-state index >= 15 is 0 Å². The Morgan fingerprint density at radius 2 is 2.40 bits per heavy atom. The van der Waals surface area contributed by atoms with Gasteiger partial charge in [0.2, 0.25) is 5.91 Å². The number of pyridine rings is 1. The normalized spacial score (nSPS) is 9.47. The van der Waals surface area contributed by atoms with Gasteiger partial charge in [0, 0.05) is 38.0 Å². The minimum Gasteiger partial charge on any atom is -0.384 e. The maximum Gasteiger partial charge on any atom is 0.221 e. The lowest BCUT2D eigenvalue weighted by molar-refractivity contribution is -0.120. The Labute approximate surface area is 88.2 Å².